The number of carboxylic acid groups (broad SMARTS) is 1. The standard InChI is InChI=1S/C18H24N2O5/c1-18(2)14(15(18)17(22)23)16(21)19-12-10-11(4-5-13(12)24-3)20-6-8-25-9-7-20/h4-5,10,14-15H,6-9H2,1-3H3,(H,19,21)(H,22,23)/t14-,15-/m1/s1. The molecule has 136 valence electrons. The second kappa shape index (κ2) is 6.55. The predicted molar refractivity (Wildman–Crippen MR) is 93.1 cm³/mol. The van der Waals surface area contributed by atoms with E-state index in [1.807, 2.05) is 18.2 Å². The van der Waals surface area contributed by atoms with Crippen LogP contribution in [0.4, 0.5) is 11.4 Å². The summed E-state index contributed by atoms with van der Waals surface area (Å²) in [5, 5.41) is 12.1. The lowest BCUT2D eigenvalue weighted by Crippen LogP contribution is -2.36. The van der Waals surface area contributed by atoms with Gasteiger partial charge in [-0.05, 0) is 23.6 Å². The topological polar surface area (TPSA) is 88.1 Å². The van der Waals surface area contributed by atoms with Crippen LogP contribution in [0.5, 0.6) is 5.75 Å². The normalized spacial score (nSPS) is 24.5. The number of morpholine rings is 1. The number of nitrogens with one attached hydrogen (secondary N) is 1. The maximum absolute atomic E-state index is 12.6. The molecule has 1 aromatic rings. The zero-order chi connectivity index (χ0) is 18.2. The molecular weight excluding hydrogens is 324 g/mol. The van der Waals surface area contributed by atoms with Crippen molar-refractivity contribution >= 4 is 23.3 Å². The number of carboxylic acids is 1. The molecule has 2 aliphatic rings. The molecule has 2 fully saturated rings. The first-order valence-corrected chi connectivity index (χ1v) is 8.40. The summed E-state index contributed by atoms with van der Waals surface area (Å²) in [6.45, 7) is 6.52. The average molecular weight is 348 g/mol. The summed E-state index contributed by atoms with van der Waals surface area (Å²) in [7, 11) is 1.54. The van der Waals surface area contributed by atoms with Gasteiger partial charge in [-0.3, -0.25) is 9.59 Å². The highest BCUT2D eigenvalue weighted by molar-refractivity contribution is 6.00. The summed E-state index contributed by atoms with van der Waals surface area (Å²) in [5.41, 5.74) is 0.998. The van der Waals surface area contributed by atoms with Crippen LogP contribution < -0.4 is 15.0 Å². The van der Waals surface area contributed by atoms with Crippen molar-refractivity contribution in [2.75, 3.05) is 43.6 Å². The summed E-state index contributed by atoms with van der Waals surface area (Å²) >= 11 is 0. The van der Waals surface area contributed by atoms with Gasteiger partial charge in [0, 0.05) is 18.8 Å². The predicted octanol–water partition coefficient (Wildman–Crippen LogP) is 1.83. The second-order valence-electron chi connectivity index (χ2n) is 7.09. The number of ether oxygens (including phenoxy) is 2. The molecule has 1 saturated heterocycles. The summed E-state index contributed by atoms with van der Waals surface area (Å²) in [6.07, 6.45) is 0. The van der Waals surface area contributed by atoms with Gasteiger partial charge in [0.05, 0.1) is 37.8 Å². The third-order valence-electron chi connectivity index (χ3n) is 5.19. The minimum Gasteiger partial charge on any atom is -0.495 e. The van der Waals surface area contributed by atoms with Gasteiger partial charge in [-0.25, -0.2) is 0 Å². The molecule has 7 heteroatoms. The van der Waals surface area contributed by atoms with Crippen LogP contribution >= 0.6 is 0 Å². The Labute approximate surface area is 146 Å². The molecule has 25 heavy (non-hydrogen) atoms. The Morgan fingerprint density at radius 2 is 1.96 bits per heavy atom. The molecule has 0 unspecified atom stereocenters. The molecule has 1 aliphatic carbocycles. The second-order valence-corrected chi connectivity index (χ2v) is 7.09. The van der Waals surface area contributed by atoms with Crippen LogP contribution in [0.2, 0.25) is 0 Å². The van der Waals surface area contributed by atoms with Crippen molar-refractivity contribution in [3.63, 3.8) is 0 Å². The quantitative estimate of drug-likeness (QED) is 0.844. The minimum atomic E-state index is -0.931. The minimum absolute atomic E-state index is 0.283. The molecule has 1 heterocycles. The molecule has 2 atom stereocenters. The molecule has 3 rings (SSSR count). The van der Waals surface area contributed by atoms with Crippen LogP contribution in [0.15, 0.2) is 18.2 Å². The number of aliphatic carboxylic acids is 1. The van der Waals surface area contributed by atoms with E-state index < -0.39 is 23.2 Å². The van der Waals surface area contributed by atoms with E-state index in [9.17, 15) is 14.7 Å². The Morgan fingerprint density at radius 3 is 2.52 bits per heavy atom. The Bertz CT molecular complexity index is 682. The number of hydrogen-bond acceptors (Lipinski definition) is 5. The summed E-state index contributed by atoms with van der Waals surface area (Å²) in [4.78, 5) is 26.1. The van der Waals surface area contributed by atoms with E-state index in [1.54, 1.807) is 21.0 Å². The zero-order valence-corrected chi connectivity index (χ0v) is 14.7. The number of hydrogen-bond donors (Lipinski definition) is 2. The van der Waals surface area contributed by atoms with Crippen molar-refractivity contribution in [1.29, 1.82) is 0 Å². The number of amides is 1. The Hall–Kier alpha value is -2.28. The summed E-state index contributed by atoms with van der Waals surface area (Å²) < 4.78 is 10.7. The van der Waals surface area contributed by atoms with Crippen LogP contribution in [-0.2, 0) is 14.3 Å². The van der Waals surface area contributed by atoms with Gasteiger partial charge >= 0.3 is 5.97 Å². The summed E-state index contributed by atoms with van der Waals surface area (Å²) in [6, 6.07) is 5.63. The number of methoxy groups -OCH3 is 1. The molecule has 0 aromatic heterocycles. The molecular formula is C18H24N2O5. The van der Waals surface area contributed by atoms with Gasteiger partial charge in [0.1, 0.15) is 5.75 Å². The highest BCUT2D eigenvalue weighted by Gasteiger charge is 2.65. The van der Waals surface area contributed by atoms with Gasteiger partial charge in [-0.1, -0.05) is 13.8 Å². The van der Waals surface area contributed by atoms with Crippen molar-refractivity contribution in [2.24, 2.45) is 17.3 Å². The summed E-state index contributed by atoms with van der Waals surface area (Å²) in [5.74, 6) is -1.85. The first kappa shape index (κ1) is 17.5. The molecule has 1 saturated carbocycles. The number of benzene rings is 1. The van der Waals surface area contributed by atoms with Gasteiger partial charge < -0.3 is 24.8 Å². The van der Waals surface area contributed by atoms with E-state index in [0.29, 0.717) is 24.7 Å². The van der Waals surface area contributed by atoms with Gasteiger partial charge in [0.2, 0.25) is 5.91 Å². The van der Waals surface area contributed by atoms with Crippen LogP contribution in [0, 0.1) is 17.3 Å². The number of rotatable bonds is 5. The number of anilines is 2. The van der Waals surface area contributed by atoms with E-state index >= 15 is 0 Å². The van der Waals surface area contributed by atoms with E-state index in [-0.39, 0.29) is 5.91 Å². The van der Waals surface area contributed by atoms with Gasteiger partial charge in [0.25, 0.3) is 0 Å². The SMILES string of the molecule is COc1ccc(N2CCOCC2)cc1NC(=O)[C@H]1[C@H](C(=O)O)C1(C)C. The van der Waals surface area contributed by atoms with Crippen LogP contribution in [0.1, 0.15) is 13.8 Å². The van der Waals surface area contributed by atoms with Crippen molar-refractivity contribution in [2.45, 2.75) is 13.8 Å². The van der Waals surface area contributed by atoms with Gasteiger partial charge in [0.15, 0.2) is 0 Å². The molecule has 0 spiro atoms. The monoisotopic (exact) mass is 348 g/mol. The first-order chi connectivity index (χ1) is 11.9. The van der Waals surface area contributed by atoms with Gasteiger partial charge in [-0.15, -0.1) is 0 Å². The third kappa shape index (κ3) is 3.28. The van der Waals surface area contributed by atoms with E-state index in [0.717, 1.165) is 18.8 Å². The first-order valence-electron chi connectivity index (χ1n) is 8.40. The number of carbonyl (C=O) groups is 2. The fraction of sp³-hybridized carbons (Fsp3) is 0.556. The van der Waals surface area contributed by atoms with E-state index in [2.05, 4.69) is 10.2 Å². The third-order valence-corrected chi connectivity index (χ3v) is 5.19. The van der Waals surface area contributed by atoms with Crippen LogP contribution in [0.25, 0.3) is 0 Å². The molecule has 0 radical (unpaired) electrons. The zero-order valence-electron chi connectivity index (χ0n) is 14.7. The maximum atomic E-state index is 12.6. The number of nitrogens with zero attached hydrogens (tertiary/aromatic N) is 1. The highest BCUT2D eigenvalue weighted by atomic mass is 16.5. The van der Waals surface area contributed by atoms with Crippen molar-refractivity contribution in [1.82, 2.24) is 0 Å². The lowest BCUT2D eigenvalue weighted by atomic mass is 10.1. The van der Waals surface area contributed by atoms with Gasteiger partial charge in [-0.2, -0.15) is 0 Å². The van der Waals surface area contributed by atoms with E-state index in [1.165, 1.54) is 0 Å². The van der Waals surface area contributed by atoms with Crippen LogP contribution in [-0.4, -0.2) is 50.4 Å². The highest BCUT2D eigenvalue weighted by Crippen LogP contribution is 2.58. The van der Waals surface area contributed by atoms with Crippen molar-refractivity contribution in [3.05, 3.63) is 18.2 Å². The molecule has 7 nitrogen and oxygen atoms in total. The molecule has 1 aromatic carbocycles. The maximum Gasteiger partial charge on any atom is 0.307 e. The fourth-order valence-electron chi connectivity index (χ4n) is 3.61. The Balaban J connectivity index is 1.79. The van der Waals surface area contributed by atoms with Crippen molar-refractivity contribution in [3.8, 4) is 5.75 Å². The smallest absolute Gasteiger partial charge is 0.307 e. The average Bonchev–Trinajstić information content (AvgIpc) is 3.18. The van der Waals surface area contributed by atoms with Crippen molar-refractivity contribution < 1.29 is 24.2 Å². The number of carbonyl (C=O) groups excluding carboxylic acids is 1. The van der Waals surface area contributed by atoms with E-state index in [4.69, 9.17) is 9.47 Å². The Kier molecular flexibility index (Phi) is 4.60. The molecule has 1 aliphatic heterocycles. The fourth-order valence-corrected chi connectivity index (χ4v) is 3.61. The largest absolute Gasteiger partial charge is 0.495 e. The lowest BCUT2D eigenvalue weighted by molar-refractivity contribution is -0.140. The van der Waals surface area contributed by atoms with Crippen LogP contribution in [0.3, 0.4) is 0 Å². The molecule has 0 bridgehead atoms. The Morgan fingerprint density at radius 1 is 1.28 bits per heavy atom. The molecule has 1 amide bonds. The molecule has 2 N–H and O–H groups in total. The lowest BCUT2D eigenvalue weighted by Gasteiger charge is -2.29.